The van der Waals surface area contributed by atoms with E-state index in [0.717, 1.165) is 82.8 Å². The van der Waals surface area contributed by atoms with Crippen molar-refractivity contribution in [3.63, 3.8) is 0 Å². The number of fused-ring (bicyclic) bond motifs is 6. The third-order valence-corrected chi connectivity index (χ3v) is 9.35. The molecule has 0 aliphatic rings. The zero-order valence-corrected chi connectivity index (χ0v) is 26.7. The number of rotatable bonds is 5. The largest absolute Gasteiger partial charge is 0.456 e. The molecule has 0 saturated heterocycles. The molecule has 3 heterocycles. The molecule has 0 spiro atoms. The first-order valence-electron chi connectivity index (χ1n) is 16.6. The van der Waals surface area contributed by atoms with E-state index in [4.69, 9.17) is 23.8 Å². The standard InChI is InChI=1S/C45H27N3O2/c1-4-13-28(14-5-1)32-19-10-22-36-41-34(21-12-24-38(41)50-42(32)36)33-20-11-23-37-40(33)35-26-25-31(27-39(35)49-37)45-47-43(29-15-6-2-7-16-29)46-44(48-45)30-17-8-3-9-18-30/h1-27H. The molecule has 5 nitrogen and oxygen atoms in total. The number of para-hydroxylation sites is 1. The van der Waals surface area contributed by atoms with Crippen molar-refractivity contribution in [2.45, 2.75) is 0 Å². The van der Waals surface area contributed by atoms with E-state index >= 15 is 0 Å². The Morgan fingerprint density at radius 2 is 0.820 bits per heavy atom. The molecule has 0 atom stereocenters. The predicted octanol–water partition coefficient (Wildman–Crippen LogP) is 12.0. The van der Waals surface area contributed by atoms with E-state index in [2.05, 4.69) is 84.9 Å². The minimum atomic E-state index is 0.587. The quantitative estimate of drug-likeness (QED) is 0.187. The molecular formula is C45H27N3O2. The summed E-state index contributed by atoms with van der Waals surface area (Å²) in [4.78, 5) is 14.7. The first-order chi connectivity index (χ1) is 24.8. The summed E-state index contributed by atoms with van der Waals surface area (Å²) in [6.45, 7) is 0. The van der Waals surface area contributed by atoms with E-state index in [1.165, 1.54) is 0 Å². The molecule has 5 heteroatoms. The van der Waals surface area contributed by atoms with Crippen LogP contribution in [-0.2, 0) is 0 Å². The second kappa shape index (κ2) is 11.4. The maximum absolute atomic E-state index is 6.59. The number of benzene rings is 7. The summed E-state index contributed by atoms with van der Waals surface area (Å²) in [5.74, 6) is 1.83. The predicted molar refractivity (Wildman–Crippen MR) is 202 cm³/mol. The smallest absolute Gasteiger partial charge is 0.164 e. The zero-order chi connectivity index (χ0) is 33.0. The summed E-state index contributed by atoms with van der Waals surface area (Å²) in [6, 6.07) is 55.6. The molecule has 0 fully saturated rings. The topological polar surface area (TPSA) is 65.0 Å². The molecule has 10 aromatic rings. The molecule has 0 amide bonds. The van der Waals surface area contributed by atoms with Crippen LogP contribution in [0.15, 0.2) is 173 Å². The van der Waals surface area contributed by atoms with E-state index in [1.54, 1.807) is 0 Å². The first-order valence-corrected chi connectivity index (χ1v) is 16.6. The van der Waals surface area contributed by atoms with Crippen LogP contribution in [0.1, 0.15) is 0 Å². The van der Waals surface area contributed by atoms with Gasteiger partial charge in [0.1, 0.15) is 22.3 Å². The maximum Gasteiger partial charge on any atom is 0.164 e. The molecule has 234 valence electrons. The molecule has 3 aromatic heterocycles. The first kappa shape index (κ1) is 28.2. The van der Waals surface area contributed by atoms with Gasteiger partial charge >= 0.3 is 0 Å². The van der Waals surface area contributed by atoms with Gasteiger partial charge in [-0.25, -0.2) is 15.0 Å². The van der Waals surface area contributed by atoms with E-state index in [1.807, 2.05) is 78.9 Å². The Morgan fingerprint density at radius 3 is 1.44 bits per heavy atom. The van der Waals surface area contributed by atoms with Crippen LogP contribution in [0.4, 0.5) is 0 Å². The van der Waals surface area contributed by atoms with Crippen LogP contribution in [0.25, 0.3) is 100 Å². The molecule has 10 rings (SSSR count). The molecule has 0 radical (unpaired) electrons. The molecular weight excluding hydrogens is 615 g/mol. The second-order valence-electron chi connectivity index (χ2n) is 12.4. The lowest BCUT2D eigenvalue weighted by molar-refractivity contribution is 0.669. The average molecular weight is 642 g/mol. The number of nitrogens with zero attached hydrogens (tertiary/aromatic N) is 3. The summed E-state index contributed by atoms with van der Waals surface area (Å²) in [5.41, 5.74) is 10.4. The highest BCUT2D eigenvalue weighted by atomic mass is 16.3. The van der Waals surface area contributed by atoms with E-state index in [9.17, 15) is 0 Å². The Hall–Kier alpha value is -6.85. The van der Waals surface area contributed by atoms with Crippen molar-refractivity contribution >= 4 is 43.9 Å². The van der Waals surface area contributed by atoms with Crippen molar-refractivity contribution in [3.8, 4) is 56.4 Å². The average Bonchev–Trinajstić information content (AvgIpc) is 3.77. The highest BCUT2D eigenvalue weighted by molar-refractivity contribution is 6.20. The molecule has 7 aromatic carbocycles. The van der Waals surface area contributed by atoms with Crippen LogP contribution in [0.3, 0.4) is 0 Å². The van der Waals surface area contributed by atoms with Gasteiger partial charge in [0.25, 0.3) is 0 Å². The lowest BCUT2D eigenvalue weighted by atomic mass is 9.94. The Bertz CT molecular complexity index is 2800. The normalized spacial score (nSPS) is 11.6. The third kappa shape index (κ3) is 4.60. The number of hydrogen-bond acceptors (Lipinski definition) is 5. The van der Waals surface area contributed by atoms with E-state index < -0.39 is 0 Å². The summed E-state index contributed by atoms with van der Waals surface area (Å²) in [6.07, 6.45) is 0. The number of furan rings is 2. The van der Waals surface area contributed by atoms with Crippen LogP contribution >= 0.6 is 0 Å². The minimum Gasteiger partial charge on any atom is -0.456 e. The minimum absolute atomic E-state index is 0.587. The van der Waals surface area contributed by atoms with Crippen molar-refractivity contribution in [2.24, 2.45) is 0 Å². The van der Waals surface area contributed by atoms with E-state index in [0.29, 0.717) is 17.5 Å². The molecule has 0 bridgehead atoms. The highest BCUT2D eigenvalue weighted by Gasteiger charge is 2.20. The van der Waals surface area contributed by atoms with Crippen molar-refractivity contribution in [1.29, 1.82) is 0 Å². The fraction of sp³-hybridized carbons (Fsp3) is 0. The maximum atomic E-state index is 6.59. The lowest BCUT2D eigenvalue weighted by Crippen LogP contribution is -2.00. The van der Waals surface area contributed by atoms with Crippen molar-refractivity contribution < 1.29 is 8.83 Å². The van der Waals surface area contributed by atoms with Gasteiger partial charge in [-0.05, 0) is 41.0 Å². The third-order valence-electron chi connectivity index (χ3n) is 9.35. The van der Waals surface area contributed by atoms with Gasteiger partial charge in [-0.3, -0.25) is 0 Å². The zero-order valence-electron chi connectivity index (χ0n) is 26.7. The van der Waals surface area contributed by atoms with Gasteiger partial charge in [-0.1, -0.05) is 140 Å². The van der Waals surface area contributed by atoms with Gasteiger partial charge < -0.3 is 8.83 Å². The molecule has 0 aliphatic carbocycles. The second-order valence-corrected chi connectivity index (χ2v) is 12.4. The van der Waals surface area contributed by atoms with Crippen LogP contribution in [0.5, 0.6) is 0 Å². The summed E-state index contributed by atoms with van der Waals surface area (Å²) < 4.78 is 13.2. The van der Waals surface area contributed by atoms with Gasteiger partial charge in [0.05, 0.1) is 0 Å². The number of hydrogen-bond donors (Lipinski definition) is 0. The van der Waals surface area contributed by atoms with Crippen LogP contribution < -0.4 is 0 Å². The van der Waals surface area contributed by atoms with Gasteiger partial charge in [0.2, 0.25) is 0 Å². The van der Waals surface area contributed by atoms with Gasteiger partial charge in [-0.15, -0.1) is 0 Å². The van der Waals surface area contributed by atoms with Crippen LogP contribution in [0, 0.1) is 0 Å². The SMILES string of the molecule is c1ccc(-c2nc(-c3ccccc3)nc(-c3ccc4c(c3)oc3cccc(-c5cccc6oc7c(-c8ccccc8)cccc7c56)c34)n2)cc1. The van der Waals surface area contributed by atoms with Gasteiger partial charge in [-0.2, -0.15) is 0 Å². The molecule has 0 N–H and O–H groups in total. The molecule has 0 unspecified atom stereocenters. The van der Waals surface area contributed by atoms with Gasteiger partial charge in [0.15, 0.2) is 17.5 Å². The van der Waals surface area contributed by atoms with Gasteiger partial charge in [0, 0.05) is 43.8 Å². The monoisotopic (exact) mass is 641 g/mol. The summed E-state index contributed by atoms with van der Waals surface area (Å²) in [7, 11) is 0. The van der Waals surface area contributed by atoms with Crippen LogP contribution in [0.2, 0.25) is 0 Å². The number of aromatic nitrogens is 3. The van der Waals surface area contributed by atoms with Crippen molar-refractivity contribution in [1.82, 2.24) is 15.0 Å². The van der Waals surface area contributed by atoms with Crippen LogP contribution in [-0.4, -0.2) is 15.0 Å². The Morgan fingerprint density at radius 1 is 0.320 bits per heavy atom. The fourth-order valence-electron chi connectivity index (χ4n) is 7.04. The molecule has 0 saturated carbocycles. The summed E-state index contributed by atoms with van der Waals surface area (Å²) in [5, 5.41) is 4.25. The van der Waals surface area contributed by atoms with E-state index in [-0.39, 0.29) is 0 Å². The fourth-order valence-corrected chi connectivity index (χ4v) is 7.04. The van der Waals surface area contributed by atoms with Crippen molar-refractivity contribution in [3.05, 3.63) is 164 Å². The molecule has 0 aliphatic heterocycles. The Balaban J connectivity index is 1.15. The lowest BCUT2D eigenvalue weighted by Gasteiger charge is -2.08. The summed E-state index contributed by atoms with van der Waals surface area (Å²) >= 11 is 0. The Labute approximate surface area is 287 Å². The van der Waals surface area contributed by atoms with Crippen molar-refractivity contribution in [2.75, 3.05) is 0 Å². The highest BCUT2D eigenvalue weighted by Crippen LogP contribution is 2.44. The molecule has 50 heavy (non-hydrogen) atoms. The Kier molecular flexibility index (Phi) is 6.42.